The number of fused-ring (bicyclic) bond motifs is 1. The normalized spacial score (nSPS) is 20.5. The van der Waals surface area contributed by atoms with Gasteiger partial charge < -0.3 is 19.7 Å². The van der Waals surface area contributed by atoms with Gasteiger partial charge >= 0.3 is 0 Å². The van der Waals surface area contributed by atoms with E-state index in [0.717, 1.165) is 59.6 Å². The molecule has 4 heterocycles. The van der Waals surface area contributed by atoms with Crippen LogP contribution in [0.2, 0.25) is 0 Å². The van der Waals surface area contributed by atoms with Gasteiger partial charge in [0.25, 0.3) is 0 Å². The van der Waals surface area contributed by atoms with Crippen molar-refractivity contribution in [3.8, 4) is 11.3 Å². The fraction of sp³-hybridized carbons (Fsp3) is 0.581. The van der Waals surface area contributed by atoms with E-state index in [1.54, 1.807) is 0 Å². The Morgan fingerprint density at radius 1 is 1.07 bits per heavy atom. The number of rotatable bonds is 7. The monoisotopic (exact) mass is 563 g/mol. The lowest BCUT2D eigenvalue weighted by Gasteiger charge is -2.43. The average Bonchev–Trinajstić information content (AvgIpc) is 3.26. The van der Waals surface area contributed by atoms with Gasteiger partial charge in [-0.25, -0.2) is 19.3 Å². The predicted molar refractivity (Wildman–Crippen MR) is 165 cm³/mol. The molecule has 1 saturated carbocycles. The Morgan fingerprint density at radius 3 is 2.48 bits per heavy atom. The molecule has 0 bridgehead atoms. The first kappa shape index (κ1) is 27.7. The number of piperidine rings is 2. The summed E-state index contributed by atoms with van der Waals surface area (Å²) >= 11 is 0. The molecule has 1 atom stereocenters. The van der Waals surface area contributed by atoms with Crippen LogP contribution in [0.1, 0.15) is 64.2 Å². The summed E-state index contributed by atoms with van der Waals surface area (Å²) < 4.78 is 17.2. The van der Waals surface area contributed by atoms with Crippen LogP contribution in [0.3, 0.4) is 0 Å². The van der Waals surface area contributed by atoms with E-state index in [4.69, 9.17) is 4.98 Å². The third-order valence-electron chi connectivity index (χ3n) is 9.14. The van der Waals surface area contributed by atoms with Crippen LogP contribution in [0.15, 0.2) is 30.5 Å². The highest BCUT2D eigenvalue weighted by Crippen LogP contribution is 2.33. The molecule has 9 heteroatoms. The summed E-state index contributed by atoms with van der Waals surface area (Å²) in [5.41, 5.74) is 4.42. The first-order chi connectivity index (χ1) is 19.2. The smallest absolute Gasteiger partial charge is 0.223 e. The molecule has 1 aromatic carbocycles. The van der Waals surface area contributed by atoms with Gasteiger partial charge in [-0.05, 0) is 95.7 Å². The number of aromatic nitrogens is 4. The second kappa shape index (κ2) is 11.5. The number of imidazole rings is 1. The maximum atomic E-state index is 15.0. The van der Waals surface area contributed by atoms with Crippen molar-refractivity contribution in [2.45, 2.75) is 77.4 Å². The molecule has 7 nitrogen and oxygen atoms in total. The fourth-order valence-corrected chi connectivity index (χ4v) is 7.47. The molecule has 1 N–H and O–H groups in total. The third-order valence-corrected chi connectivity index (χ3v) is 9.58. The highest BCUT2D eigenvalue weighted by atomic mass is 31.0. The van der Waals surface area contributed by atoms with Gasteiger partial charge in [-0.3, -0.25) is 0 Å². The first-order valence-electron chi connectivity index (χ1n) is 15.0. The van der Waals surface area contributed by atoms with Crippen LogP contribution in [-0.4, -0.2) is 74.1 Å². The molecular formula is C31H43FN7P. The molecular weight excluding hydrogens is 520 g/mol. The zero-order chi connectivity index (χ0) is 28.0. The number of aryl methyl sites for hydroxylation is 1. The number of hydrogen-bond donors (Lipinski definition) is 1. The molecule has 2 aromatic heterocycles. The molecule has 2 saturated heterocycles. The van der Waals surface area contributed by atoms with E-state index >= 15 is 4.39 Å². The topological polar surface area (TPSA) is 62.1 Å². The van der Waals surface area contributed by atoms with Gasteiger partial charge in [-0.1, -0.05) is 12.2 Å². The van der Waals surface area contributed by atoms with E-state index < -0.39 is 5.82 Å². The SMILES string of the molecule is C=C1CC(CN2CCC(N3CCC(Nc4ncc(F)c(-c5cc(P)c6nc(C)n(C(C)C)c6c5)n4)CC3)CC2)C1. The standard InChI is InChI=1S/C31H43FN7P/c1-19(2)39-21(4)34-30-27(39)15-23(16-28(30)40)29-26(32)17-33-31(36-29)35-24-5-11-38(12-6-24)25-7-9-37(10-8-25)18-22-13-20(3)14-22/h15-17,19,22,24-25H,3,5-14,18,40H2,1-2,4H3,(H,33,35,36). The molecule has 3 fully saturated rings. The summed E-state index contributed by atoms with van der Waals surface area (Å²) in [7, 11) is 2.75. The Hall–Kier alpha value is -2.41. The molecule has 1 unspecified atom stereocenters. The van der Waals surface area contributed by atoms with Gasteiger partial charge in [0.15, 0.2) is 5.82 Å². The van der Waals surface area contributed by atoms with Gasteiger partial charge in [0.1, 0.15) is 11.5 Å². The largest absolute Gasteiger partial charge is 0.351 e. The van der Waals surface area contributed by atoms with Crippen LogP contribution < -0.4 is 10.6 Å². The molecule has 2 aliphatic heterocycles. The van der Waals surface area contributed by atoms with Crippen LogP contribution in [-0.2, 0) is 0 Å². The van der Waals surface area contributed by atoms with Crippen molar-refractivity contribution in [3.05, 3.63) is 42.1 Å². The number of benzene rings is 1. The summed E-state index contributed by atoms with van der Waals surface area (Å²) in [6, 6.07) is 5.20. The van der Waals surface area contributed by atoms with Crippen molar-refractivity contribution >= 4 is 31.5 Å². The van der Waals surface area contributed by atoms with E-state index in [-0.39, 0.29) is 6.04 Å². The Balaban J connectivity index is 1.07. The van der Waals surface area contributed by atoms with E-state index in [9.17, 15) is 0 Å². The van der Waals surface area contributed by atoms with E-state index in [2.05, 4.69) is 59.3 Å². The first-order valence-corrected chi connectivity index (χ1v) is 15.5. The summed E-state index contributed by atoms with van der Waals surface area (Å²) in [5.74, 6) is 1.89. The second-order valence-corrected chi connectivity index (χ2v) is 13.1. The Morgan fingerprint density at radius 2 is 1.80 bits per heavy atom. The molecule has 0 radical (unpaired) electrons. The van der Waals surface area contributed by atoms with Gasteiger partial charge in [0, 0.05) is 43.3 Å². The Bertz CT molecular complexity index is 1380. The Labute approximate surface area is 239 Å². The van der Waals surface area contributed by atoms with Gasteiger partial charge in [-0.15, -0.1) is 9.24 Å². The zero-order valence-corrected chi connectivity index (χ0v) is 25.3. The number of nitrogens with zero attached hydrogens (tertiary/aromatic N) is 6. The highest BCUT2D eigenvalue weighted by molar-refractivity contribution is 7.28. The second-order valence-electron chi connectivity index (χ2n) is 12.5. The molecule has 0 amide bonds. The lowest BCUT2D eigenvalue weighted by atomic mass is 9.80. The van der Waals surface area contributed by atoms with Crippen LogP contribution >= 0.6 is 9.24 Å². The number of anilines is 1. The lowest BCUT2D eigenvalue weighted by Crippen LogP contribution is -2.50. The van der Waals surface area contributed by atoms with Crippen molar-refractivity contribution in [2.75, 3.05) is 38.0 Å². The summed E-state index contributed by atoms with van der Waals surface area (Å²) in [6.45, 7) is 16.3. The minimum Gasteiger partial charge on any atom is -0.351 e. The number of nitrogens with one attached hydrogen (secondary N) is 1. The van der Waals surface area contributed by atoms with Gasteiger partial charge in [0.2, 0.25) is 5.95 Å². The van der Waals surface area contributed by atoms with Crippen LogP contribution in [0, 0.1) is 18.7 Å². The van der Waals surface area contributed by atoms with Crippen molar-refractivity contribution < 1.29 is 4.39 Å². The van der Waals surface area contributed by atoms with Gasteiger partial charge in [0.05, 0.1) is 17.2 Å². The fourth-order valence-electron chi connectivity index (χ4n) is 7.07. The van der Waals surface area contributed by atoms with Crippen molar-refractivity contribution in [1.29, 1.82) is 0 Å². The summed E-state index contributed by atoms with van der Waals surface area (Å²) in [6.07, 6.45) is 8.41. The average molecular weight is 564 g/mol. The number of allylic oxidation sites excluding steroid dienone is 1. The number of halogens is 1. The molecule has 3 aromatic rings. The molecule has 40 heavy (non-hydrogen) atoms. The van der Waals surface area contributed by atoms with Crippen LogP contribution in [0.4, 0.5) is 10.3 Å². The van der Waals surface area contributed by atoms with E-state index in [1.807, 2.05) is 19.1 Å². The van der Waals surface area contributed by atoms with E-state index in [1.165, 1.54) is 57.1 Å². The molecule has 6 rings (SSSR count). The molecule has 3 aliphatic rings. The third kappa shape index (κ3) is 5.68. The molecule has 1 aliphatic carbocycles. The maximum Gasteiger partial charge on any atom is 0.223 e. The molecule has 0 spiro atoms. The Kier molecular flexibility index (Phi) is 7.95. The maximum absolute atomic E-state index is 15.0. The van der Waals surface area contributed by atoms with Crippen LogP contribution in [0.5, 0.6) is 0 Å². The number of likely N-dealkylation sites (tertiary alicyclic amines) is 2. The van der Waals surface area contributed by atoms with E-state index in [0.29, 0.717) is 23.7 Å². The predicted octanol–water partition coefficient (Wildman–Crippen LogP) is 5.33. The minimum atomic E-state index is -0.412. The highest BCUT2D eigenvalue weighted by Gasteiger charge is 2.31. The lowest BCUT2D eigenvalue weighted by molar-refractivity contribution is 0.0794. The van der Waals surface area contributed by atoms with Crippen molar-refractivity contribution in [3.63, 3.8) is 0 Å². The van der Waals surface area contributed by atoms with Crippen molar-refractivity contribution in [2.24, 2.45) is 5.92 Å². The minimum absolute atomic E-state index is 0.253. The zero-order valence-electron chi connectivity index (χ0n) is 24.2. The summed E-state index contributed by atoms with van der Waals surface area (Å²) in [5, 5.41) is 4.46. The number of hydrogen-bond acceptors (Lipinski definition) is 6. The van der Waals surface area contributed by atoms with Crippen LogP contribution in [0.25, 0.3) is 22.3 Å². The quantitative estimate of drug-likeness (QED) is 0.310. The van der Waals surface area contributed by atoms with Gasteiger partial charge in [-0.2, -0.15) is 0 Å². The van der Waals surface area contributed by atoms with Crippen molar-refractivity contribution in [1.82, 2.24) is 29.3 Å². The molecule has 214 valence electrons. The summed E-state index contributed by atoms with van der Waals surface area (Å²) in [4.78, 5) is 19.1.